The summed E-state index contributed by atoms with van der Waals surface area (Å²) in [5.41, 5.74) is 1.10. The maximum atomic E-state index is 13.0. The molecule has 3 rings (SSSR count). The Hall–Kier alpha value is -3.16. The van der Waals surface area contributed by atoms with Crippen molar-refractivity contribution in [3.63, 3.8) is 0 Å². The Morgan fingerprint density at radius 2 is 1.81 bits per heavy atom. The van der Waals surface area contributed by atoms with Gasteiger partial charge in [-0.15, -0.1) is 0 Å². The van der Waals surface area contributed by atoms with Gasteiger partial charge in [0.1, 0.15) is 17.9 Å². The van der Waals surface area contributed by atoms with Crippen LogP contribution in [0.3, 0.4) is 0 Å². The maximum absolute atomic E-state index is 13.0. The Kier molecular flexibility index (Phi) is 4.50. The lowest BCUT2D eigenvalue weighted by Gasteiger charge is -2.12. The number of carbonyl (C=O) groups excluding carboxylic acids is 1. The molecule has 136 valence electrons. The fraction of sp³-hybridized carbons (Fsp3) is 0.278. The van der Waals surface area contributed by atoms with Crippen LogP contribution in [0.1, 0.15) is 12.6 Å². The van der Waals surface area contributed by atoms with E-state index < -0.39 is 17.4 Å². The molecule has 1 aromatic carbocycles. The van der Waals surface area contributed by atoms with Gasteiger partial charge in [-0.25, -0.2) is 9.18 Å². The second-order valence-electron chi connectivity index (χ2n) is 6.05. The molecule has 0 atom stereocenters. The first kappa shape index (κ1) is 17.7. The Morgan fingerprint density at radius 3 is 2.42 bits per heavy atom. The molecule has 0 aliphatic carbocycles. The van der Waals surface area contributed by atoms with Crippen LogP contribution in [0.15, 0.2) is 39.9 Å². The molecule has 2 heterocycles. The van der Waals surface area contributed by atoms with Gasteiger partial charge in [-0.05, 0) is 44.2 Å². The highest BCUT2D eigenvalue weighted by atomic mass is 19.1. The lowest BCUT2D eigenvalue weighted by Crippen LogP contribution is -2.41. The van der Waals surface area contributed by atoms with Crippen molar-refractivity contribution in [2.45, 2.75) is 26.9 Å². The molecule has 7 nitrogen and oxygen atoms in total. The number of aryl methyl sites for hydroxylation is 2. The van der Waals surface area contributed by atoms with Crippen molar-refractivity contribution in [1.29, 1.82) is 0 Å². The molecule has 0 bridgehead atoms. The molecule has 0 unspecified atom stereocenters. The quantitative estimate of drug-likeness (QED) is 0.770. The van der Waals surface area contributed by atoms with E-state index in [-0.39, 0.29) is 18.6 Å². The largest absolute Gasteiger partial charge is 0.342 e. The predicted molar refractivity (Wildman–Crippen MR) is 96.9 cm³/mol. The Morgan fingerprint density at radius 1 is 1.15 bits per heavy atom. The van der Waals surface area contributed by atoms with Gasteiger partial charge in [0.05, 0.1) is 5.52 Å². The van der Waals surface area contributed by atoms with Crippen LogP contribution in [0.25, 0.3) is 11.0 Å². The van der Waals surface area contributed by atoms with E-state index in [0.29, 0.717) is 16.7 Å². The molecule has 0 saturated carbocycles. The van der Waals surface area contributed by atoms with Crippen LogP contribution in [0.5, 0.6) is 0 Å². The molecule has 3 aromatic rings. The van der Waals surface area contributed by atoms with Gasteiger partial charge < -0.3 is 9.88 Å². The van der Waals surface area contributed by atoms with Crippen LogP contribution in [0.2, 0.25) is 0 Å². The summed E-state index contributed by atoms with van der Waals surface area (Å²) in [6.45, 7) is 3.48. The van der Waals surface area contributed by atoms with Crippen LogP contribution in [0, 0.1) is 12.7 Å². The summed E-state index contributed by atoms with van der Waals surface area (Å²) in [5.74, 6) is -0.849. The van der Waals surface area contributed by atoms with Gasteiger partial charge in [0.25, 0.3) is 5.56 Å². The zero-order valence-electron chi connectivity index (χ0n) is 14.7. The summed E-state index contributed by atoms with van der Waals surface area (Å²) >= 11 is 0. The first-order chi connectivity index (χ1) is 12.3. The van der Waals surface area contributed by atoms with E-state index in [4.69, 9.17) is 0 Å². The maximum Gasteiger partial charge on any atom is 0.332 e. The molecule has 2 aromatic heterocycles. The number of rotatable bonds is 4. The van der Waals surface area contributed by atoms with Gasteiger partial charge in [-0.1, -0.05) is 0 Å². The fourth-order valence-corrected chi connectivity index (χ4v) is 2.94. The summed E-state index contributed by atoms with van der Waals surface area (Å²) < 4.78 is 17.1. The standard InChI is InChI=1S/C18H19FN4O3/c1-4-22-17(25)16-14(9-11(2)21(16)3)23(18(22)26)10-15(24)20-13-7-5-12(19)6-8-13/h5-9H,4,10H2,1-3H3,(H,20,24). The van der Waals surface area contributed by atoms with Crippen molar-refractivity contribution in [3.05, 3.63) is 62.7 Å². The van der Waals surface area contributed by atoms with E-state index in [1.54, 1.807) is 24.6 Å². The van der Waals surface area contributed by atoms with Crippen molar-refractivity contribution in [3.8, 4) is 0 Å². The number of nitrogens with zero attached hydrogens (tertiary/aromatic N) is 3. The summed E-state index contributed by atoms with van der Waals surface area (Å²) in [6, 6.07) is 7.05. The molecule has 26 heavy (non-hydrogen) atoms. The third-order valence-electron chi connectivity index (χ3n) is 4.40. The van der Waals surface area contributed by atoms with Crippen LogP contribution >= 0.6 is 0 Å². The lowest BCUT2D eigenvalue weighted by molar-refractivity contribution is -0.116. The monoisotopic (exact) mass is 358 g/mol. The van der Waals surface area contributed by atoms with Gasteiger partial charge in [0.2, 0.25) is 5.91 Å². The van der Waals surface area contributed by atoms with Crippen LogP contribution in [-0.2, 0) is 24.9 Å². The number of amides is 1. The highest BCUT2D eigenvalue weighted by Gasteiger charge is 2.18. The molecule has 0 radical (unpaired) electrons. The smallest absolute Gasteiger partial charge is 0.332 e. The number of anilines is 1. The van der Waals surface area contributed by atoms with Crippen molar-refractivity contribution >= 4 is 22.6 Å². The normalized spacial score (nSPS) is 11.1. The number of halogens is 1. The molecule has 1 N–H and O–H groups in total. The SMILES string of the molecule is CCn1c(=O)c2c(cc(C)n2C)n(CC(=O)Nc2ccc(F)cc2)c1=O. The average Bonchev–Trinajstić information content (AvgIpc) is 2.89. The number of hydrogen-bond acceptors (Lipinski definition) is 3. The van der Waals surface area contributed by atoms with Gasteiger partial charge in [-0.3, -0.25) is 18.7 Å². The zero-order chi connectivity index (χ0) is 19.0. The molecule has 0 aliphatic heterocycles. The minimum atomic E-state index is -0.537. The first-order valence-electron chi connectivity index (χ1n) is 8.18. The topological polar surface area (TPSA) is 78.0 Å². The van der Waals surface area contributed by atoms with E-state index in [9.17, 15) is 18.8 Å². The van der Waals surface area contributed by atoms with Crippen LogP contribution in [0.4, 0.5) is 10.1 Å². The van der Waals surface area contributed by atoms with Crippen molar-refractivity contribution in [1.82, 2.24) is 13.7 Å². The van der Waals surface area contributed by atoms with E-state index in [1.165, 1.54) is 28.8 Å². The second kappa shape index (κ2) is 6.62. The number of fused-ring (bicyclic) bond motifs is 1. The second-order valence-corrected chi connectivity index (χ2v) is 6.05. The number of carbonyl (C=O) groups is 1. The minimum Gasteiger partial charge on any atom is -0.342 e. The van der Waals surface area contributed by atoms with E-state index in [1.807, 2.05) is 6.92 Å². The fourth-order valence-electron chi connectivity index (χ4n) is 2.94. The molecule has 0 aliphatic rings. The molecule has 0 spiro atoms. The predicted octanol–water partition coefficient (Wildman–Crippen LogP) is 1.61. The minimum absolute atomic E-state index is 0.206. The first-order valence-corrected chi connectivity index (χ1v) is 8.18. The third-order valence-corrected chi connectivity index (χ3v) is 4.40. The molecule has 0 saturated heterocycles. The number of nitrogens with one attached hydrogen (secondary N) is 1. The average molecular weight is 358 g/mol. The van der Waals surface area contributed by atoms with Crippen molar-refractivity contribution < 1.29 is 9.18 Å². The summed E-state index contributed by atoms with van der Waals surface area (Å²) in [5, 5.41) is 2.62. The summed E-state index contributed by atoms with van der Waals surface area (Å²) in [7, 11) is 1.74. The van der Waals surface area contributed by atoms with Crippen molar-refractivity contribution in [2.24, 2.45) is 7.05 Å². The van der Waals surface area contributed by atoms with Gasteiger partial charge >= 0.3 is 5.69 Å². The summed E-state index contributed by atoms with van der Waals surface area (Å²) in [6.07, 6.45) is 0. The molecule has 8 heteroatoms. The molecular weight excluding hydrogens is 339 g/mol. The van der Waals surface area contributed by atoms with E-state index in [0.717, 1.165) is 10.3 Å². The highest BCUT2D eigenvalue weighted by Crippen LogP contribution is 2.14. The number of hydrogen-bond donors (Lipinski definition) is 1. The van der Waals surface area contributed by atoms with Crippen LogP contribution < -0.4 is 16.6 Å². The van der Waals surface area contributed by atoms with Gasteiger partial charge in [0, 0.05) is 25.0 Å². The van der Waals surface area contributed by atoms with E-state index in [2.05, 4.69) is 5.32 Å². The zero-order valence-corrected chi connectivity index (χ0v) is 14.7. The molecular formula is C18H19FN4O3. The van der Waals surface area contributed by atoms with Crippen LogP contribution in [-0.4, -0.2) is 19.6 Å². The van der Waals surface area contributed by atoms with Crippen molar-refractivity contribution in [2.75, 3.05) is 5.32 Å². The summed E-state index contributed by atoms with van der Waals surface area (Å²) in [4.78, 5) is 37.6. The van der Waals surface area contributed by atoms with Gasteiger partial charge in [-0.2, -0.15) is 0 Å². The van der Waals surface area contributed by atoms with Gasteiger partial charge in [0.15, 0.2) is 0 Å². The highest BCUT2D eigenvalue weighted by molar-refractivity contribution is 5.91. The molecule has 0 fully saturated rings. The van der Waals surface area contributed by atoms with E-state index >= 15 is 0 Å². The number of aromatic nitrogens is 3. The molecule has 1 amide bonds. The Balaban J connectivity index is 2.05. The third kappa shape index (κ3) is 2.94. The lowest BCUT2D eigenvalue weighted by atomic mass is 10.3. The number of benzene rings is 1. The Labute approximate surface area is 148 Å². The Bertz CT molecular complexity index is 1110.